The minimum Gasteiger partial charge on any atom is -0.434 e. The Bertz CT molecular complexity index is 646. The first-order valence-electron chi connectivity index (χ1n) is 9.10. The van der Waals surface area contributed by atoms with Crippen LogP contribution < -0.4 is 15.4 Å². The fourth-order valence-corrected chi connectivity index (χ4v) is 3.32. The summed E-state index contributed by atoms with van der Waals surface area (Å²) >= 11 is 0. The molecule has 0 radical (unpaired) electrons. The van der Waals surface area contributed by atoms with Crippen molar-refractivity contribution in [2.24, 2.45) is 5.92 Å². The zero-order valence-electron chi connectivity index (χ0n) is 15.3. The van der Waals surface area contributed by atoms with Crippen molar-refractivity contribution in [3.8, 4) is 5.75 Å². The van der Waals surface area contributed by atoms with Crippen molar-refractivity contribution in [2.75, 3.05) is 13.1 Å². The zero-order chi connectivity index (χ0) is 19.9. The van der Waals surface area contributed by atoms with Crippen molar-refractivity contribution in [2.45, 2.75) is 51.2 Å². The van der Waals surface area contributed by atoms with E-state index in [0.29, 0.717) is 0 Å². The lowest BCUT2D eigenvalue weighted by Gasteiger charge is -2.35. The van der Waals surface area contributed by atoms with E-state index < -0.39 is 24.0 Å². The van der Waals surface area contributed by atoms with Gasteiger partial charge in [0.2, 0.25) is 5.91 Å². The predicted octanol–water partition coefficient (Wildman–Crippen LogP) is 2.47. The van der Waals surface area contributed by atoms with E-state index in [2.05, 4.69) is 15.4 Å². The molecule has 0 aliphatic heterocycles. The fourth-order valence-electron chi connectivity index (χ4n) is 3.32. The number of hydrogen-bond donors (Lipinski definition) is 3. The Morgan fingerprint density at radius 3 is 2.56 bits per heavy atom. The number of halogens is 2. The number of nitrogens with one attached hydrogen (secondary N) is 2. The second-order valence-electron chi connectivity index (χ2n) is 7.03. The lowest BCUT2D eigenvalue weighted by molar-refractivity contribution is -0.122. The molecule has 0 unspecified atom stereocenters. The van der Waals surface area contributed by atoms with Gasteiger partial charge in [0.25, 0.3) is 5.91 Å². The summed E-state index contributed by atoms with van der Waals surface area (Å²) < 4.78 is 29.1. The van der Waals surface area contributed by atoms with Crippen molar-refractivity contribution in [1.29, 1.82) is 0 Å². The van der Waals surface area contributed by atoms with E-state index in [1.807, 2.05) is 0 Å². The Balaban J connectivity index is 1.82. The van der Waals surface area contributed by atoms with Gasteiger partial charge in [0, 0.05) is 6.54 Å². The maximum Gasteiger partial charge on any atom is 0.387 e. The summed E-state index contributed by atoms with van der Waals surface area (Å²) in [4.78, 5) is 24.1. The van der Waals surface area contributed by atoms with Crippen molar-refractivity contribution < 1.29 is 28.2 Å². The molecule has 1 fully saturated rings. The quantitative estimate of drug-likeness (QED) is 0.643. The molecule has 1 aliphatic rings. The van der Waals surface area contributed by atoms with Crippen LogP contribution in [0, 0.1) is 5.92 Å². The van der Waals surface area contributed by atoms with Gasteiger partial charge >= 0.3 is 6.61 Å². The minimum atomic E-state index is -3.05. The van der Waals surface area contributed by atoms with Crippen molar-refractivity contribution in [3.63, 3.8) is 0 Å². The van der Waals surface area contributed by atoms with Gasteiger partial charge in [-0.15, -0.1) is 0 Å². The molecular formula is C19H26F2N2O4. The highest BCUT2D eigenvalue weighted by Gasteiger charge is 2.33. The standard InChI is InChI=1S/C19H26F2N2O4/c1-19(26,13-7-3-2-4-8-13)12-23-16(24)11-22-17(25)14-9-5-6-10-15(14)27-18(20)21/h5-6,9-10,13,18,26H,2-4,7-8,11-12H2,1H3,(H,22,25)(H,23,24)/t19-/m0/s1. The number of para-hydroxylation sites is 1. The number of aliphatic hydroxyl groups is 1. The van der Waals surface area contributed by atoms with E-state index in [1.165, 1.54) is 30.7 Å². The molecule has 2 amide bonds. The third-order valence-electron chi connectivity index (χ3n) is 4.89. The van der Waals surface area contributed by atoms with Crippen molar-refractivity contribution in [3.05, 3.63) is 29.8 Å². The molecular weight excluding hydrogens is 358 g/mol. The SMILES string of the molecule is C[C@](O)(CNC(=O)CNC(=O)c1ccccc1OC(F)F)C1CCCCC1. The van der Waals surface area contributed by atoms with Gasteiger partial charge in [0.15, 0.2) is 0 Å². The van der Waals surface area contributed by atoms with Gasteiger partial charge < -0.3 is 20.5 Å². The van der Waals surface area contributed by atoms with E-state index in [9.17, 15) is 23.5 Å². The summed E-state index contributed by atoms with van der Waals surface area (Å²) in [7, 11) is 0. The van der Waals surface area contributed by atoms with Crippen LogP contribution in [0.3, 0.4) is 0 Å². The van der Waals surface area contributed by atoms with Crippen LogP contribution in [0.5, 0.6) is 5.75 Å². The highest BCUT2D eigenvalue weighted by Crippen LogP contribution is 2.32. The number of rotatable bonds is 8. The molecule has 1 aromatic rings. The summed E-state index contributed by atoms with van der Waals surface area (Å²) in [6, 6.07) is 5.56. The van der Waals surface area contributed by atoms with Crippen LogP contribution in [0.2, 0.25) is 0 Å². The Hall–Kier alpha value is -2.22. The number of amides is 2. The van der Waals surface area contributed by atoms with Crippen LogP contribution in [0.15, 0.2) is 24.3 Å². The van der Waals surface area contributed by atoms with Crippen LogP contribution in [-0.2, 0) is 4.79 Å². The molecule has 6 nitrogen and oxygen atoms in total. The van der Waals surface area contributed by atoms with Crippen LogP contribution in [-0.4, -0.2) is 42.2 Å². The second-order valence-corrected chi connectivity index (χ2v) is 7.03. The summed E-state index contributed by atoms with van der Waals surface area (Å²) in [5, 5.41) is 15.6. The first kappa shape index (κ1) is 21.1. The monoisotopic (exact) mass is 384 g/mol. The molecule has 2 rings (SSSR count). The van der Waals surface area contributed by atoms with E-state index in [0.717, 1.165) is 25.7 Å². The Kier molecular flexibility index (Phi) is 7.53. The van der Waals surface area contributed by atoms with Crippen LogP contribution in [0.4, 0.5) is 8.78 Å². The first-order valence-corrected chi connectivity index (χ1v) is 9.10. The molecule has 0 heterocycles. The van der Waals surface area contributed by atoms with Crippen molar-refractivity contribution in [1.82, 2.24) is 10.6 Å². The summed E-state index contributed by atoms with van der Waals surface area (Å²) in [6.07, 6.45) is 5.18. The molecule has 0 bridgehead atoms. The van der Waals surface area contributed by atoms with E-state index in [4.69, 9.17) is 0 Å². The normalized spacial score (nSPS) is 17.2. The third kappa shape index (κ3) is 6.46. The Morgan fingerprint density at radius 2 is 1.89 bits per heavy atom. The Morgan fingerprint density at radius 1 is 1.22 bits per heavy atom. The second kappa shape index (κ2) is 9.64. The molecule has 1 atom stereocenters. The highest BCUT2D eigenvalue weighted by atomic mass is 19.3. The number of carbonyl (C=O) groups is 2. The number of benzene rings is 1. The fraction of sp³-hybridized carbons (Fsp3) is 0.579. The van der Waals surface area contributed by atoms with Gasteiger partial charge in [-0.05, 0) is 37.8 Å². The largest absolute Gasteiger partial charge is 0.434 e. The van der Waals surface area contributed by atoms with Gasteiger partial charge in [-0.3, -0.25) is 9.59 Å². The van der Waals surface area contributed by atoms with E-state index >= 15 is 0 Å². The van der Waals surface area contributed by atoms with Gasteiger partial charge in [-0.2, -0.15) is 8.78 Å². The maximum absolute atomic E-state index is 12.4. The van der Waals surface area contributed by atoms with Gasteiger partial charge in [-0.25, -0.2) is 0 Å². The average Bonchev–Trinajstić information content (AvgIpc) is 2.65. The lowest BCUT2D eigenvalue weighted by Crippen LogP contribution is -2.48. The Labute approximate surface area is 157 Å². The van der Waals surface area contributed by atoms with Gasteiger partial charge in [0.05, 0.1) is 17.7 Å². The molecule has 150 valence electrons. The molecule has 1 aliphatic carbocycles. The summed E-state index contributed by atoms with van der Waals surface area (Å²) in [5.74, 6) is -1.28. The number of ether oxygens (including phenoxy) is 1. The first-order chi connectivity index (χ1) is 12.8. The van der Waals surface area contributed by atoms with Crippen LogP contribution >= 0.6 is 0 Å². The number of alkyl halides is 2. The molecule has 0 aromatic heterocycles. The third-order valence-corrected chi connectivity index (χ3v) is 4.89. The van der Waals surface area contributed by atoms with E-state index in [1.54, 1.807) is 6.92 Å². The molecule has 1 saturated carbocycles. The van der Waals surface area contributed by atoms with Crippen molar-refractivity contribution >= 4 is 11.8 Å². The zero-order valence-corrected chi connectivity index (χ0v) is 15.3. The molecule has 27 heavy (non-hydrogen) atoms. The summed E-state index contributed by atoms with van der Waals surface area (Å²) in [5.41, 5.74) is -1.09. The smallest absolute Gasteiger partial charge is 0.387 e. The maximum atomic E-state index is 12.4. The van der Waals surface area contributed by atoms with Crippen LogP contribution in [0.25, 0.3) is 0 Å². The molecule has 8 heteroatoms. The number of carbonyl (C=O) groups excluding carboxylic acids is 2. The molecule has 3 N–H and O–H groups in total. The van der Waals surface area contributed by atoms with Crippen LogP contribution in [0.1, 0.15) is 49.4 Å². The lowest BCUT2D eigenvalue weighted by atomic mass is 9.78. The topological polar surface area (TPSA) is 87.7 Å². The number of hydrogen-bond acceptors (Lipinski definition) is 4. The average molecular weight is 384 g/mol. The molecule has 0 saturated heterocycles. The highest BCUT2D eigenvalue weighted by molar-refractivity contribution is 5.98. The predicted molar refractivity (Wildman–Crippen MR) is 95.6 cm³/mol. The van der Waals surface area contributed by atoms with E-state index in [-0.39, 0.29) is 30.3 Å². The molecule has 1 aromatic carbocycles. The summed E-state index contributed by atoms with van der Waals surface area (Å²) in [6.45, 7) is -1.58. The van der Waals surface area contributed by atoms with Gasteiger partial charge in [-0.1, -0.05) is 31.4 Å². The molecule has 0 spiro atoms. The minimum absolute atomic E-state index is 0.0835. The van der Waals surface area contributed by atoms with Gasteiger partial charge in [0.1, 0.15) is 5.75 Å².